The van der Waals surface area contributed by atoms with E-state index in [1.54, 1.807) is 6.92 Å². The van der Waals surface area contributed by atoms with Gasteiger partial charge >= 0.3 is 5.97 Å². The minimum Gasteiger partial charge on any atom is -0.465 e. The molecule has 8 nitrogen and oxygen atoms in total. The Labute approximate surface area is 219 Å². The van der Waals surface area contributed by atoms with Gasteiger partial charge in [0.15, 0.2) is 0 Å². The van der Waals surface area contributed by atoms with Crippen molar-refractivity contribution in [3.8, 4) is 0 Å². The Morgan fingerprint density at radius 3 is 2.11 bits per heavy atom. The molecule has 0 bridgehead atoms. The number of benzene rings is 1. The number of likely N-dealkylation sites (N-methyl/N-ethyl adjacent to an activating group) is 1. The minimum atomic E-state index is -0.428. The largest absolute Gasteiger partial charge is 0.465 e. The summed E-state index contributed by atoms with van der Waals surface area (Å²) in [6, 6.07) is 5.73. The monoisotopic (exact) mass is 518 g/mol. The summed E-state index contributed by atoms with van der Waals surface area (Å²) < 4.78 is 4.70. The van der Waals surface area contributed by atoms with E-state index in [1.807, 2.05) is 51.3 Å². The van der Waals surface area contributed by atoms with E-state index in [-0.39, 0.29) is 17.9 Å². The van der Waals surface area contributed by atoms with Gasteiger partial charge in [-0.1, -0.05) is 39.0 Å². The molecule has 0 aliphatic carbocycles. The van der Waals surface area contributed by atoms with Gasteiger partial charge in [0.25, 0.3) is 0 Å². The molecule has 3 N–H and O–H groups in total. The minimum absolute atomic E-state index is 0.0612. The van der Waals surface area contributed by atoms with Gasteiger partial charge in [-0.15, -0.1) is 11.3 Å². The number of anilines is 2. The van der Waals surface area contributed by atoms with Crippen molar-refractivity contribution in [1.29, 1.82) is 0 Å². The number of carbonyl (C=O) groups excluding carboxylic acids is 3. The zero-order chi connectivity index (χ0) is 27.3. The van der Waals surface area contributed by atoms with Crippen molar-refractivity contribution >= 4 is 40.5 Å². The lowest BCUT2D eigenvalue weighted by Gasteiger charge is -2.18. The lowest BCUT2D eigenvalue weighted by atomic mass is 10.1. The lowest BCUT2D eigenvalue weighted by molar-refractivity contribution is -0.118. The van der Waals surface area contributed by atoms with Crippen LogP contribution in [0.15, 0.2) is 23.6 Å². The molecule has 1 atom stereocenters. The van der Waals surface area contributed by atoms with Crippen molar-refractivity contribution in [2.45, 2.75) is 60.9 Å². The number of thiophene rings is 1. The lowest BCUT2D eigenvalue weighted by Crippen LogP contribution is -2.38. The van der Waals surface area contributed by atoms with Crippen LogP contribution in [-0.2, 0) is 14.3 Å². The predicted octanol–water partition coefficient (Wildman–Crippen LogP) is 4.75. The third-order valence-electron chi connectivity index (χ3n) is 5.69. The molecular weight excluding hydrogens is 476 g/mol. The molecule has 2 rings (SSSR count). The molecule has 0 saturated heterocycles. The van der Waals surface area contributed by atoms with Crippen LogP contribution >= 0.6 is 11.3 Å². The molecule has 2 aromatic rings. The number of nitrogens with one attached hydrogen (secondary N) is 3. The standard InChI is InChI=1S/C14H22N2O.C13H20N2O3S/c1-5-16(6-2)10-13(17)15-14-11(3)8-7-9-12(14)4;1-5-6-14-9(3)12(16)15-10-8(2)7-19-11(10)13(17)18-4/h7-9H,5-6,10H2,1-4H3,(H,15,17);7,9,14H,5-6H2,1-4H3,(H,15,16). The molecule has 0 fully saturated rings. The molecule has 1 aromatic heterocycles. The van der Waals surface area contributed by atoms with Gasteiger partial charge in [0.1, 0.15) is 4.88 Å². The Hall–Kier alpha value is -2.75. The number of carbonyl (C=O) groups is 3. The van der Waals surface area contributed by atoms with E-state index in [0.29, 0.717) is 17.1 Å². The third kappa shape index (κ3) is 9.72. The van der Waals surface area contributed by atoms with Crippen LogP contribution in [0.1, 0.15) is 60.5 Å². The number of methoxy groups -OCH3 is 1. The first kappa shape index (κ1) is 31.3. The molecule has 200 valence electrons. The number of hydrogen-bond acceptors (Lipinski definition) is 7. The second kappa shape index (κ2) is 16.1. The normalized spacial score (nSPS) is 11.4. The molecule has 1 unspecified atom stereocenters. The van der Waals surface area contributed by atoms with Crippen molar-refractivity contribution in [2.24, 2.45) is 0 Å². The second-order valence-corrected chi connectivity index (χ2v) is 9.44. The number of aryl methyl sites for hydroxylation is 3. The van der Waals surface area contributed by atoms with Crippen LogP contribution in [0.4, 0.5) is 11.4 Å². The molecule has 36 heavy (non-hydrogen) atoms. The van der Waals surface area contributed by atoms with Crippen LogP contribution < -0.4 is 16.0 Å². The average molecular weight is 519 g/mol. The Bertz CT molecular complexity index is 981. The fraction of sp³-hybridized carbons (Fsp3) is 0.519. The van der Waals surface area contributed by atoms with Crippen molar-refractivity contribution < 1.29 is 19.1 Å². The first-order valence-electron chi connectivity index (χ1n) is 12.4. The Morgan fingerprint density at radius 1 is 0.972 bits per heavy atom. The van der Waals surface area contributed by atoms with E-state index < -0.39 is 5.97 Å². The van der Waals surface area contributed by atoms with Gasteiger partial charge in [-0.3, -0.25) is 14.5 Å². The Kier molecular flexibility index (Phi) is 14.0. The molecule has 2 amide bonds. The van der Waals surface area contributed by atoms with E-state index in [1.165, 1.54) is 18.4 Å². The maximum absolute atomic E-state index is 12.0. The maximum Gasteiger partial charge on any atom is 0.350 e. The van der Waals surface area contributed by atoms with Crippen LogP contribution in [0.5, 0.6) is 0 Å². The van der Waals surface area contributed by atoms with Gasteiger partial charge in [-0.2, -0.15) is 0 Å². The second-order valence-electron chi connectivity index (χ2n) is 8.56. The number of esters is 1. The van der Waals surface area contributed by atoms with Crippen LogP contribution in [0.25, 0.3) is 0 Å². The van der Waals surface area contributed by atoms with Crippen LogP contribution in [-0.4, -0.2) is 62.0 Å². The van der Waals surface area contributed by atoms with E-state index in [2.05, 4.69) is 34.7 Å². The smallest absolute Gasteiger partial charge is 0.350 e. The average Bonchev–Trinajstić information content (AvgIpc) is 3.22. The van der Waals surface area contributed by atoms with Crippen LogP contribution in [0, 0.1) is 20.8 Å². The van der Waals surface area contributed by atoms with Crippen molar-refractivity contribution in [1.82, 2.24) is 10.2 Å². The number of hydrogen-bond donors (Lipinski definition) is 3. The Balaban J connectivity index is 0.000000362. The van der Waals surface area contributed by atoms with Gasteiger partial charge < -0.3 is 20.7 Å². The summed E-state index contributed by atoms with van der Waals surface area (Å²) >= 11 is 1.27. The fourth-order valence-corrected chi connectivity index (χ4v) is 4.29. The summed E-state index contributed by atoms with van der Waals surface area (Å²) in [5, 5.41) is 10.7. The molecular formula is C27H42N4O4S. The topological polar surface area (TPSA) is 99.8 Å². The summed E-state index contributed by atoms with van der Waals surface area (Å²) in [7, 11) is 1.33. The number of rotatable bonds is 11. The number of amides is 2. The number of nitrogens with zero attached hydrogens (tertiary/aromatic N) is 1. The third-order valence-corrected chi connectivity index (χ3v) is 6.77. The van der Waals surface area contributed by atoms with Gasteiger partial charge in [0.05, 0.1) is 25.4 Å². The quantitative estimate of drug-likeness (QED) is 0.371. The van der Waals surface area contributed by atoms with E-state index in [9.17, 15) is 14.4 Å². The molecule has 0 aliphatic heterocycles. The van der Waals surface area contributed by atoms with Crippen LogP contribution in [0.3, 0.4) is 0 Å². The maximum atomic E-state index is 12.0. The summed E-state index contributed by atoms with van der Waals surface area (Å²) in [5.74, 6) is -0.520. The number of para-hydroxylation sites is 1. The molecule has 1 aromatic carbocycles. The molecule has 0 saturated carbocycles. The highest BCUT2D eigenvalue weighted by molar-refractivity contribution is 7.12. The van der Waals surface area contributed by atoms with Crippen molar-refractivity contribution in [3.05, 3.63) is 45.1 Å². The fourth-order valence-electron chi connectivity index (χ4n) is 3.37. The van der Waals surface area contributed by atoms with Crippen molar-refractivity contribution in [2.75, 3.05) is 43.9 Å². The zero-order valence-corrected chi connectivity index (χ0v) is 23.7. The summed E-state index contributed by atoms with van der Waals surface area (Å²) in [6.45, 7) is 16.9. The summed E-state index contributed by atoms with van der Waals surface area (Å²) in [6.07, 6.45) is 0.961. The SMILES string of the molecule is CCCNC(C)C(=O)Nc1c(C)csc1C(=O)OC.CCN(CC)CC(=O)Nc1c(C)cccc1C. The van der Waals surface area contributed by atoms with E-state index >= 15 is 0 Å². The van der Waals surface area contributed by atoms with Gasteiger partial charge in [0, 0.05) is 5.69 Å². The van der Waals surface area contributed by atoms with E-state index in [0.717, 1.165) is 48.4 Å². The molecule has 0 aliphatic rings. The molecule has 9 heteroatoms. The van der Waals surface area contributed by atoms with Gasteiger partial charge in [-0.25, -0.2) is 4.79 Å². The zero-order valence-electron chi connectivity index (χ0n) is 22.9. The first-order valence-corrected chi connectivity index (χ1v) is 13.3. The molecule has 0 spiro atoms. The van der Waals surface area contributed by atoms with Gasteiger partial charge in [-0.05, 0) is 75.8 Å². The molecule has 0 radical (unpaired) electrons. The highest BCUT2D eigenvalue weighted by Gasteiger charge is 2.20. The predicted molar refractivity (Wildman–Crippen MR) is 149 cm³/mol. The highest BCUT2D eigenvalue weighted by Crippen LogP contribution is 2.28. The first-order chi connectivity index (χ1) is 17.1. The summed E-state index contributed by atoms with van der Waals surface area (Å²) in [4.78, 5) is 38.0. The molecule has 1 heterocycles. The number of ether oxygens (including phenoxy) is 1. The van der Waals surface area contributed by atoms with Gasteiger partial charge in [0.2, 0.25) is 11.8 Å². The summed E-state index contributed by atoms with van der Waals surface area (Å²) in [5.41, 5.74) is 4.58. The highest BCUT2D eigenvalue weighted by atomic mass is 32.1. The van der Waals surface area contributed by atoms with Crippen LogP contribution in [0.2, 0.25) is 0 Å². The van der Waals surface area contributed by atoms with Crippen molar-refractivity contribution in [3.63, 3.8) is 0 Å². The Morgan fingerprint density at radius 2 is 1.58 bits per heavy atom. The van der Waals surface area contributed by atoms with E-state index in [4.69, 9.17) is 4.74 Å².